The SMILES string of the molecule is CCC(=O)Oc1cccc(I)c1COc1cc(F)c(CC)cc1Cl. The van der Waals surface area contributed by atoms with E-state index >= 15 is 0 Å². The van der Waals surface area contributed by atoms with Gasteiger partial charge in [-0.1, -0.05) is 31.5 Å². The van der Waals surface area contributed by atoms with Gasteiger partial charge in [0.2, 0.25) is 0 Å². The van der Waals surface area contributed by atoms with Crippen LogP contribution < -0.4 is 9.47 Å². The van der Waals surface area contributed by atoms with Gasteiger partial charge in [-0.3, -0.25) is 4.79 Å². The summed E-state index contributed by atoms with van der Waals surface area (Å²) in [7, 11) is 0. The van der Waals surface area contributed by atoms with Crippen LogP contribution in [0.1, 0.15) is 31.4 Å². The van der Waals surface area contributed by atoms with Crippen LogP contribution in [0.3, 0.4) is 0 Å². The van der Waals surface area contributed by atoms with E-state index in [-0.39, 0.29) is 30.6 Å². The summed E-state index contributed by atoms with van der Waals surface area (Å²) >= 11 is 8.29. The second kappa shape index (κ2) is 8.67. The molecular weight excluding hydrogens is 446 g/mol. The van der Waals surface area contributed by atoms with Crippen LogP contribution in [-0.2, 0) is 17.8 Å². The molecular formula is C18H17ClFIO3. The minimum absolute atomic E-state index is 0.121. The third-order valence-electron chi connectivity index (χ3n) is 3.44. The summed E-state index contributed by atoms with van der Waals surface area (Å²) in [6, 6.07) is 8.24. The molecule has 0 heterocycles. The van der Waals surface area contributed by atoms with E-state index in [1.807, 2.05) is 13.0 Å². The van der Waals surface area contributed by atoms with Crippen molar-refractivity contribution >= 4 is 40.2 Å². The third-order valence-corrected chi connectivity index (χ3v) is 4.75. The van der Waals surface area contributed by atoms with Crippen LogP contribution in [0.5, 0.6) is 11.5 Å². The third kappa shape index (κ3) is 4.60. The van der Waals surface area contributed by atoms with Crippen molar-refractivity contribution in [2.75, 3.05) is 0 Å². The first kappa shape index (κ1) is 19.0. The van der Waals surface area contributed by atoms with Crippen molar-refractivity contribution in [3.05, 3.63) is 55.9 Å². The van der Waals surface area contributed by atoms with E-state index in [2.05, 4.69) is 22.6 Å². The molecule has 0 atom stereocenters. The van der Waals surface area contributed by atoms with Gasteiger partial charge < -0.3 is 9.47 Å². The van der Waals surface area contributed by atoms with Crippen molar-refractivity contribution in [3.8, 4) is 11.5 Å². The number of benzene rings is 2. The van der Waals surface area contributed by atoms with Crippen molar-refractivity contribution in [1.82, 2.24) is 0 Å². The Bertz CT molecular complexity index is 749. The van der Waals surface area contributed by atoms with E-state index in [4.69, 9.17) is 21.1 Å². The predicted octanol–water partition coefficient (Wildman–Crippen LogP) is 5.54. The number of rotatable bonds is 6. The van der Waals surface area contributed by atoms with Crippen LogP contribution in [-0.4, -0.2) is 5.97 Å². The molecule has 128 valence electrons. The van der Waals surface area contributed by atoms with Crippen LogP contribution in [0.15, 0.2) is 30.3 Å². The van der Waals surface area contributed by atoms with Crippen molar-refractivity contribution < 1.29 is 18.7 Å². The lowest BCUT2D eigenvalue weighted by Crippen LogP contribution is -2.09. The summed E-state index contributed by atoms with van der Waals surface area (Å²) in [6.07, 6.45) is 0.834. The highest BCUT2D eigenvalue weighted by atomic mass is 127. The van der Waals surface area contributed by atoms with Crippen molar-refractivity contribution in [1.29, 1.82) is 0 Å². The fourth-order valence-electron chi connectivity index (χ4n) is 2.07. The zero-order chi connectivity index (χ0) is 17.7. The number of carbonyl (C=O) groups excluding carboxylic acids is 1. The number of ether oxygens (including phenoxy) is 2. The lowest BCUT2D eigenvalue weighted by molar-refractivity contribution is -0.134. The standard InChI is InChI=1S/C18H17ClFIO3/c1-3-11-8-13(19)17(9-14(11)20)23-10-12-15(21)6-5-7-16(12)24-18(22)4-2/h5-9H,3-4,10H2,1-2H3. The molecule has 0 saturated heterocycles. The van der Waals surface area contributed by atoms with Crippen molar-refractivity contribution in [2.45, 2.75) is 33.3 Å². The van der Waals surface area contributed by atoms with Gasteiger partial charge in [-0.2, -0.15) is 0 Å². The van der Waals surface area contributed by atoms with Gasteiger partial charge in [-0.05, 0) is 52.8 Å². The predicted molar refractivity (Wildman–Crippen MR) is 100 cm³/mol. The summed E-state index contributed by atoms with van der Waals surface area (Å²) in [5, 5.41) is 0.353. The molecule has 0 N–H and O–H groups in total. The minimum atomic E-state index is -0.350. The highest BCUT2D eigenvalue weighted by molar-refractivity contribution is 14.1. The second-order valence-corrected chi connectivity index (χ2v) is 6.63. The molecule has 3 nitrogen and oxygen atoms in total. The maximum Gasteiger partial charge on any atom is 0.310 e. The van der Waals surface area contributed by atoms with Crippen LogP contribution in [0.25, 0.3) is 0 Å². The normalized spacial score (nSPS) is 10.5. The average molecular weight is 463 g/mol. The fraction of sp³-hybridized carbons (Fsp3) is 0.278. The Labute approximate surface area is 159 Å². The van der Waals surface area contributed by atoms with Gasteiger partial charge >= 0.3 is 5.97 Å². The molecule has 2 rings (SSSR count). The number of halogens is 3. The van der Waals surface area contributed by atoms with E-state index in [1.54, 1.807) is 25.1 Å². The maximum absolute atomic E-state index is 13.9. The van der Waals surface area contributed by atoms with Crippen LogP contribution in [0, 0.1) is 9.39 Å². The molecule has 0 amide bonds. The smallest absolute Gasteiger partial charge is 0.310 e. The minimum Gasteiger partial charge on any atom is -0.487 e. The molecule has 0 unspecified atom stereocenters. The van der Waals surface area contributed by atoms with Crippen LogP contribution >= 0.6 is 34.2 Å². The maximum atomic E-state index is 13.9. The lowest BCUT2D eigenvalue weighted by Gasteiger charge is -2.14. The molecule has 0 bridgehead atoms. The molecule has 0 saturated carbocycles. The lowest BCUT2D eigenvalue weighted by atomic mass is 10.1. The molecule has 24 heavy (non-hydrogen) atoms. The summed E-state index contributed by atoms with van der Waals surface area (Å²) in [4.78, 5) is 11.6. The van der Waals surface area contributed by atoms with Gasteiger partial charge in [0.25, 0.3) is 0 Å². The average Bonchev–Trinajstić information content (AvgIpc) is 2.56. The van der Waals surface area contributed by atoms with Gasteiger partial charge in [0.15, 0.2) is 0 Å². The summed E-state index contributed by atoms with van der Waals surface area (Å²) in [5.41, 5.74) is 1.26. The summed E-state index contributed by atoms with van der Waals surface area (Å²) in [5.74, 6) is 0.0289. The van der Waals surface area contributed by atoms with E-state index in [9.17, 15) is 9.18 Å². The molecule has 0 aliphatic rings. The van der Waals surface area contributed by atoms with Crippen molar-refractivity contribution in [2.24, 2.45) is 0 Å². The quantitative estimate of drug-likeness (QED) is 0.321. The molecule has 0 fully saturated rings. The molecule has 0 aromatic heterocycles. The Morgan fingerprint density at radius 3 is 2.67 bits per heavy atom. The van der Waals surface area contributed by atoms with E-state index in [0.717, 1.165) is 9.13 Å². The number of carbonyl (C=O) groups is 1. The van der Waals surface area contributed by atoms with E-state index in [1.165, 1.54) is 6.07 Å². The van der Waals surface area contributed by atoms with E-state index in [0.29, 0.717) is 22.8 Å². The highest BCUT2D eigenvalue weighted by Gasteiger charge is 2.14. The van der Waals surface area contributed by atoms with Gasteiger partial charge in [0, 0.05) is 21.6 Å². The Hall–Kier alpha value is -1.34. The zero-order valence-corrected chi connectivity index (χ0v) is 16.3. The first-order valence-electron chi connectivity index (χ1n) is 7.55. The summed E-state index contributed by atoms with van der Waals surface area (Å²) in [6.45, 7) is 3.70. The number of esters is 1. The second-order valence-electron chi connectivity index (χ2n) is 5.06. The molecule has 0 spiro atoms. The number of hydrogen-bond donors (Lipinski definition) is 0. The number of hydrogen-bond acceptors (Lipinski definition) is 3. The van der Waals surface area contributed by atoms with Crippen LogP contribution in [0.2, 0.25) is 5.02 Å². The summed E-state index contributed by atoms with van der Waals surface area (Å²) < 4.78 is 25.8. The zero-order valence-electron chi connectivity index (χ0n) is 13.4. The van der Waals surface area contributed by atoms with Crippen LogP contribution in [0.4, 0.5) is 4.39 Å². The first-order valence-corrected chi connectivity index (χ1v) is 9.00. The van der Waals surface area contributed by atoms with Gasteiger partial charge in [-0.25, -0.2) is 4.39 Å². The molecule has 2 aromatic rings. The molecule has 2 aromatic carbocycles. The first-order chi connectivity index (χ1) is 11.5. The Balaban J connectivity index is 2.23. The fourth-order valence-corrected chi connectivity index (χ4v) is 2.94. The Kier molecular flexibility index (Phi) is 6.86. The molecule has 0 radical (unpaired) electrons. The Morgan fingerprint density at radius 1 is 1.25 bits per heavy atom. The molecule has 0 aliphatic carbocycles. The van der Waals surface area contributed by atoms with Gasteiger partial charge in [-0.15, -0.1) is 0 Å². The Morgan fingerprint density at radius 2 is 2.00 bits per heavy atom. The van der Waals surface area contributed by atoms with Crippen molar-refractivity contribution in [3.63, 3.8) is 0 Å². The highest BCUT2D eigenvalue weighted by Crippen LogP contribution is 2.31. The van der Waals surface area contributed by atoms with Gasteiger partial charge in [0.05, 0.1) is 5.02 Å². The van der Waals surface area contributed by atoms with Gasteiger partial charge in [0.1, 0.15) is 23.9 Å². The molecule has 0 aliphatic heterocycles. The largest absolute Gasteiger partial charge is 0.487 e. The van der Waals surface area contributed by atoms with E-state index < -0.39 is 0 Å². The topological polar surface area (TPSA) is 35.5 Å². The monoisotopic (exact) mass is 462 g/mol. The number of aryl methyl sites for hydroxylation is 1. The molecule has 6 heteroatoms.